The monoisotopic (exact) mass is 353 g/mol. The standard InChI is InChI=1S/C16H25N3O3.CH2O2/c1-12-8-15(21)14(10-18(12)2)16(22)17-5-7-19-6-3-4-13(9-19)11-20;2-1-3/h8,10,13,20H,3-7,9,11H2,1-2H3,(H,17,22);1H,(H,2,3). The van der Waals surface area contributed by atoms with Gasteiger partial charge in [-0.2, -0.15) is 0 Å². The van der Waals surface area contributed by atoms with Gasteiger partial charge in [-0.3, -0.25) is 14.4 Å². The molecule has 8 heteroatoms. The topological polar surface area (TPSA) is 112 Å². The highest BCUT2D eigenvalue weighted by atomic mass is 16.3. The molecule has 0 radical (unpaired) electrons. The van der Waals surface area contributed by atoms with Crippen LogP contribution in [0, 0.1) is 12.8 Å². The zero-order valence-corrected chi connectivity index (χ0v) is 14.8. The van der Waals surface area contributed by atoms with E-state index in [9.17, 15) is 14.7 Å². The van der Waals surface area contributed by atoms with Crippen molar-refractivity contribution in [1.29, 1.82) is 0 Å². The molecule has 2 rings (SSSR count). The number of aromatic nitrogens is 1. The Morgan fingerprint density at radius 1 is 1.48 bits per heavy atom. The maximum Gasteiger partial charge on any atom is 0.290 e. The molecule has 1 aromatic heterocycles. The number of nitrogens with zero attached hydrogens (tertiary/aromatic N) is 2. The lowest BCUT2D eigenvalue weighted by Crippen LogP contribution is -2.42. The number of hydrogen-bond acceptors (Lipinski definition) is 5. The van der Waals surface area contributed by atoms with Crippen LogP contribution < -0.4 is 10.7 Å². The molecule has 0 spiro atoms. The van der Waals surface area contributed by atoms with Crippen LogP contribution in [0.4, 0.5) is 0 Å². The molecule has 0 bridgehead atoms. The third-order valence-corrected chi connectivity index (χ3v) is 4.30. The third-order valence-electron chi connectivity index (χ3n) is 4.30. The van der Waals surface area contributed by atoms with Crippen molar-refractivity contribution in [2.45, 2.75) is 19.8 Å². The fraction of sp³-hybridized carbons (Fsp3) is 0.588. The van der Waals surface area contributed by atoms with Crippen molar-refractivity contribution in [3.8, 4) is 0 Å². The highest BCUT2D eigenvalue weighted by Gasteiger charge is 2.19. The molecule has 1 saturated heterocycles. The van der Waals surface area contributed by atoms with E-state index in [4.69, 9.17) is 9.90 Å². The average Bonchev–Trinajstić information content (AvgIpc) is 2.59. The van der Waals surface area contributed by atoms with Crippen LogP contribution in [0.1, 0.15) is 28.9 Å². The molecule has 1 aliphatic heterocycles. The summed E-state index contributed by atoms with van der Waals surface area (Å²) in [4.78, 5) is 34.6. The molecule has 1 amide bonds. The number of carbonyl (C=O) groups excluding carboxylic acids is 1. The number of aryl methyl sites for hydroxylation is 2. The summed E-state index contributed by atoms with van der Waals surface area (Å²) < 4.78 is 1.77. The van der Waals surface area contributed by atoms with E-state index in [1.807, 2.05) is 14.0 Å². The minimum atomic E-state index is -0.323. The Labute approximate surface area is 147 Å². The maximum absolute atomic E-state index is 12.1. The van der Waals surface area contributed by atoms with E-state index in [0.29, 0.717) is 12.5 Å². The van der Waals surface area contributed by atoms with E-state index in [2.05, 4.69) is 10.2 Å². The summed E-state index contributed by atoms with van der Waals surface area (Å²) >= 11 is 0. The lowest BCUT2D eigenvalue weighted by atomic mass is 9.99. The molecule has 1 unspecified atom stereocenters. The fourth-order valence-electron chi connectivity index (χ4n) is 2.83. The number of carbonyl (C=O) groups is 2. The summed E-state index contributed by atoms with van der Waals surface area (Å²) in [5, 5.41) is 18.9. The molecule has 8 nitrogen and oxygen atoms in total. The predicted molar refractivity (Wildman–Crippen MR) is 93.7 cm³/mol. The van der Waals surface area contributed by atoms with Crippen molar-refractivity contribution in [2.24, 2.45) is 13.0 Å². The smallest absolute Gasteiger partial charge is 0.290 e. The van der Waals surface area contributed by atoms with Crippen molar-refractivity contribution >= 4 is 12.4 Å². The van der Waals surface area contributed by atoms with Crippen LogP contribution in [0.15, 0.2) is 17.1 Å². The van der Waals surface area contributed by atoms with Crippen LogP contribution in [0.5, 0.6) is 0 Å². The van der Waals surface area contributed by atoms with Gasteiger partial charge in [0.2, 0.25) is 0 Å². The van der Waals surface area contributed by atoms with E-state index in [0.717, 1.165) is 38.2 Å². The van der Waals surface area contributed by atoms with Crippen molar-refractivity contribution < 1.29 is 19.8 Å². The number of aliphatic hydroxyl groups excluding tert-OH is 1. The molecule has 140 valence electrons. The van der Waals surface area contributed by atoms with Gasteiger partial charge in [0, 0.05) is 51.2 Å². The third kappa shape index (κ3) is 6.67. The molecule has 1 fully saturated rings. The number of rotatable bonds is 5. The SMILES string of the molecule is Cc1cc(=O)c(C(=O)NCCN2CCCC(CO)C2)cn1C.O=CO. The van der Waals surface area contributed by atoms with Crippen LogP contribution in [0.3, 0.4) is 0 Å². The molecule has 1 aliphatic rings. The highest BCUT2D eigenvalue weighted by Crippen LogP contribution is 2.14. The van der Waals surface area contributed by atoms with Gasteiger partial charge in [-0.1, -0.05) is 0 Å². The molecule has 3 N–H and O–H groups in total. The number of carboxylic acid groups (broad SMARTS) is 1. The van der Waals surface area contributed by atoms with Gasteiger partial charge in [-0.15, -0.1) is 0 Å². The molecule has 1 aromatic rings. The van der Waals surface area contributed by atoms with Crippen molar-refractivity contribution in [3.05, 3.63) is 33.7 Å². The second kappa shape index (κ2) is 10.6. The molecular formula is C17H27N3O5. The minimum Gasteiger partial charge on any atom is -0.483 e. The fourth-order valence-corrected chi connectivity index (χ4v) is 2.83. The number of likely N-dealkylation sites (tertiary alicyclic amines) is 1. The highest BCUT2D eigenvalue weighted by molar-refractivity contribution is 5.93. The van der Waals surface area contributed by atoms with Gasteiger partial charge in [-0.25, -0.2) is 0 Å². The van der Waals surface area contributed by atoms with E-state index < -0.39 is 0 Å². The normalized spacial score (nSPS) is 17.3. The Bertz CT molecular complexity index is 629. The summed E-state index contributed by atoms with van der Waals surface area (Å²) in [7, 11) is 1.81. The van der Waals surface area contributed by atoms with Crippen LogP contribution in [0.2, 0.25) is 0 Å². The van der Waals surface area contributed by atoms with Crippen molar-refractivity contribution in [3.63, 3.8) is 0 Å². The zero-order valence-electron chi connectivity index (χ0n) is 14.8. The Hall–Kier alpha value is -2.19. The van der Waals surface area contributed by atoms with Crippen LogP contribution >= 0.6 is 0 Å². The van der Waals surface area contributed by atoms with Gasteiger partial charge in [-0.05, 0) is 32.2 Å². The van der Waals surface area contributed by atoms with E-state index >= 15 is 0 Å². The van der Waals surface area contributed by atoms with Gasteiger partial charge in [0.1, 0.15) is 5.56 Å². The van der Waals surface area contributed by atoms with Gasteiger partial charge >= 0.3 is 0 Å². The zero-order chi connectivity index (χ0) is 18.8. The van der Waals surface area contributed by atoms with Crippen LogP contribution in [-0.2, 0) is 11.8 Å². The number of hydrogen-bond donors (Lipinski definition) is 3. The number of aliphatic hydroxyl groups is 1. The first kappa shape index (κ1) is 20.9. The van der Waals surface area contributed by atoms with Gasteiger partial charge in [0.15, 0.2) is 5.43 Å². The van der Waals surface area contributed by atoms with Gasteiger partial charge < -0.3 is 25.0 Å². The average molecular weight is 353 g/mol. The number of amides is 1. The second-order valence-electron chi connectivity index (χ2n) is 6.16. The Kier molecular flexibility index (Phi) is 8.87. The summed E-state index contributed by atoms with van der Waals surface area (Å²) in [5.41, 5.74) is 0.760. The second-order valence-corrected chi connectivity index (χ2v) is 6.16. The molecular weight excluding hydrogens is 326 g/mol. The van der Waals surface area contributed by atoms with Crippen molar-refractivity contribution in [1.82, 2.24) is 14.8 Å². The van der Waals surface area contributed by atoms with Crippen LogP contribution in [0.25, 0.3) is 0 Å². The largest absolute Gasteiger partial charge is 0.483 e. The van der Waals surface area contributed by atoms with Crippen molar-refractivity contribution in [2.75, 3.05) is 32.8 Å². The summed E-state index contributed by atoms with van der Waals surface area (Å²) in [6.07, 6.45) is 3.73. The molecule has 0 aliphatic carbocycles. The first-order valence-corrected chi connectivity index (χ1v) is 8.29. The first-order chi connectivity index (χ1) is 11.9. The first-order valence-electron chi connectivity index (χ1n) is 8.29. The van der Waals surface area contributed by atoms with E-state index in [1.54, 1.807) is 10.8 Å². The van der Waals surface area contributed by atoms with Gasteiger partial charge in [0.05, 0.1) is 0 Å². The maximum atomic E-state index is 12.1. The van der Waals surface area contributed by atoms with E-state index in [1.165, 1.54) is 6.07 Å². The van der Waals surface area contributed by atoms with Crippen LogP contribution in [-0.4, -0.2) is 64.8 Å². The van der Waals surface area contributed by atoms with Gasteiger partial charge in [0.25, 0.3) is 12.4 Å². The number of nitrogens with one attached hydrogen (secondary N) is 1. The quantitative estimate of drug-likeness (QED) is 0.634. The molecule has 0 aromatic carbocycles. The summed E-state index contributed by atoms with van der Waals surface area (Å²) in [6, 6.07) is 1.48. The summed E-state index contributed by atoms with van der Waals surface area (Å²) in [6.45, 7) is 4.93. The predicted octanol–water partition coefficient (Wildman–Crippen LogP) is -0.171. The molecule has 1 atom stereocenters. The number of piperidine rings is 1. The molecule has 2 heterocycles. The Morgan fingerprint density at radius 2 is 2.16 bits per heavy atom. The van der Waals surface area contributed by atoms with E-state index in [-0.39, 0.29) is 30.0 Å². The lowest BCUT2D eigenvalue weighted by Gasteiger charge is -2.31. The summed E-state index contributed by atoms with van der Waals surface area (Å²) in [5.74, 6) is 0.0187. The molecule has 25 heavy (non-hydrogen) atoms. The lowest BCUT2D eigenvalue weighted by molar-refractivity contribution is -0.122. The Morgan fingerprint density at radius 3 is 2.80 bits per heavy atom. The number of pyridine rings is 1. The molecule has 0 saturated carbocycles. The Balaban J connectivity index is 0.000000970. The minimum absolute atomic E-state index is 0.181.